The van der Waals surface area contributed by atoms with Crippen LogP contribution in [0.4, 0.5) is 0 Å². The minimum absolute atomic E-state index is 0.170. The molecule has 5 nitrogen and oxygen atoms in total. The Balaban J connectivity index is 1.43. The first kappa shape index (κ1) is 14.3. The Morgan fingerprint density at radius 1 is 1.15 bits per heavy atom. The van der Waals surface area contributed by atoms with Gasteiger partial charge in [-0.3, -0.25) is 9.69 Å². The lowest BCUT2D eigenvalue weighted by molar-refractivity contribution is -0.138. The van der Waals surface area contributed by atoms with Crippen molar-refractivity contribution < 1.29 is 9.53 Å². The molecule has 0 spiro atoms. The molecule has 1 amide bonds. The lowest BCUT2D eigenvalue weighted by atomic mass is 9.94. The van der Waals surface area contributed by atoms with Crippen molar-refractivity contribution in [3.63, 3.8) is 0 Å². The van der Waals surface area contributed by atoms with Gasteiger partial charge in [0, 0.05) is 39.3 Å². The average Bonchev–Trinajstić information content (AvgIpc) is 3.30. The molecule has 0 radical (unpaired) electrons. The molecule has 2 N–H and O–H groups in total. The lowest BCUT2D eigenvalue weighted by Crippen LogP contribution is -2.47. The Morgan fingerprint density at radius 3 is 2.35 bits per heavy atom. The van der Waals surface area contributed by atoms with Crippen LogP contribution < -0.4 is 5.73 Å². The van der Waals surface area contributed by atoms with Crippen LogP contribution in [0.5, 0.6) is 0 Å². The van der Waals surface area contributed by atoms with E-state index in [0.717, 1.165) is 71.0 Å². The van der Waals surface area contributed by atoms with Gasteiger partial charge in [0.2, 0.25) is 5.91 Å². The average molecular weight is 281 g/mol. The topological polar surface area (TPSA) is 58.8 Å². The second-order valence-corrected chi connectivity index (χ2v) is 6.63. The van der Waals surface area contributed by atoms with Crippen molar-refractivity contribution >= 4 is 5.91 Å². The maximum Gasteiger partial charge on any atom is 0.230 e. The number of piperidine rings is 1. The summed E-state index contributed by atoms with van der Waals surface area (Å²) in [6.07, 6.45) is 4.28. The number of hydrogen-bond donors (Lipinski definition) is 1. The summed E-state index contributed by atoms with van der Waals surface area (Å²) >= 11 is 0. The summed E-state index contributed by atoms with van der Waals surface area (Å²) in [6, 6.07) is 0. The van der Waals surface area contributed by atoms with Gasteiger partial charge in [-0.05, 0) is 31.6 Å². The molecular formula is C15H27N3O2. The van der Waals surface area contributed by atoms with Gasteiger partial charge in [0.15, 0.2) is 0 Å². The second-order valence-electron chi connectivity index (χ2n) is 6.63. The van der Waals surface area contributed by atoms with Crippen LogP contribution in [0.15, 0.2) is 0 Å². The summed E-state index contributed by atoms with van der Waals surface area (Å²) in [5.41, 5.74) is 5.59. The fourth-order valence-corrected chi connectivity index (χ4v) is 3.46. The highest BCUT2D eigenvalue weighted by Crippen LogP contribution is 2.46. The normalized spacial score (nSPS) is 27.6. The molecule has 20 heavy (non-hydrogen) atoms. The van der Waals surface area contributed by atoms with Crippen molar-refractivity contribution in [3.8, 4) is 0 Å². The van der Waals surface area contributed by atoms with E-state index >= 15 is 0 Å². The van der Waals surface area contributed by atoms with Crippen molar-refractivity contribution in [3.05, 3.63) is 0 Å². The highest BCUT2D eigenvalue weighted by Gasteiger charge is 2.50. The van der Waals surface area contributed by atoms with Crippen LogP contribution in [0.1, 0.15) is 25.7 Å². The molecule has 0 unspecified atom stereocenters. The molecule has 2 heterocycles. The molecule has 0 bridgehead atoms. The third kappa shape index (κ3) is 3.00. The van der Waals surface area contributed by atoms with Crippen LogP contribution in [-0.4, -0.2) is 68.2 Å². The number of nitrogens with zero attached hydrogens (tertiary/aromatic N) is 2. The molecule has 3 rings (SSSR count). The van der Waals surface area contributed by atoms with Crippen molar-refractivity contribution in [2.75, 3.05) is 52.5 Å². The minimum atomic E-state index is -0.170. The molecule has 0 aromatic rings. The zero-order valence-corrected chi connectivity index (χ0v) is 12.4. The number of amides is 1. The van der Waals surface area contributed by atoms with Gasteiger partial charge in [0.1, 0.15) is 0 Å². The molecule has 2 saturated heterocycles. The minimum Gasteiger partial charge on any atom is -0.379 e. The van der Waals surface area contributed by atoms with Crippen molar-refractivity contribution in [1.82, 2.24) is 9.80 Å². The van der Waals surface area contributed by atoms with E-state index in [1.807, 2.05) is 0 Å². The summed E-state index contributed by atoms with van der Waals surface area (Å²) in [5, 5.41) is 0. The fraction of sp³-hybridized carbons (Fsp3) is 0.933. The quantitative estimate of drug-likeness (QED) is 0.805. The monoisotopic (exact) mass is 281 g/mol. The molecule has 3 fully saturated rings. The Bertz CT molecular complexity index is 343. The van der Waals surface area contributed by atoms with E-state index in [0.29, 0.717) is 12.5 Å². The molecule has 3 aliphatic rings. The molecule has 5 heteroatoms. The summed E-state index contributed by atoms with van der Waals surface area (Å²) < 4.78 is 5.39. The second kappa shape index (κ2) is 6.00. The van der Waals surface area contributed by atoms with E-state index in [1.54, 1.807) is 0 Å². The van der Waals surface area contributed by atoms with Gasteiger partial charge in [0.25, 0.3) is 0 Å². The van der Waals surface area contributed by atoms with Crippen molar-refractivity contribution in [1.29, 1.82) is 0 Å². The number of ether oxygens (including phenoxy) is 1. The van der Waals surface area contributed by atoms with E-state index in [9.17, 15) is 4.79 Å². The predicted molar refractivity (Wildman–Crippen MR) is 77.3 cm³/mol. The van der Waals surface area contributed by atoms with Gasteiger partial charge in [0.05, 0.1) is 18.6 Å². The van der Waals surface area contributed by atoms with E-state index in [2.05, 4.69) is 9.80 Å². The van der Waals surface area contributed by atoms with Crippen molar-refractivity contribution in [2.45, 2.75) is 25.7 Å². The van der Waals surface area contributed by atoms with E-state index in [1.165, 1.54) is 6.54 Å². The van der Waals surface area contributed by atoms with Gasteiger partial charge in [-0.2, -0.15) is 0 Å². The maximum absolute atomic E-state index is 12.4. The van der Waals surface area contributed by atoms with Gasteiger partial charge in [-0.25, -0.2) is 0 Å². The molecule has 114 valence electrons. The van der Waals surface area contributed by atoms with Gasteiger partial charge in [-0.15, -0.1) is 0 Å². The molecule has 0 aromatic carbocycles. The van der Waals surface area contributed by atoms with Crippen LogP contribution in [0.25, 0.3) is 0 Å². The molecular weight excluding hydrogens is 254 g/mol. The lowest BCUT2D eigenvalue weighted by Gasteiger charge is -2.37. The molecule has 1 aliphatic carbocycles. The van der Waals surface area contributed by atoms with Crippen LogP contribution in [0, 0.1) is 11.3 Å². The number of hydrogen-bond acceptors (Lipinski definition) is 4. The van der Waals surface area contributed by atoms with Crippen LogP contribution >= 0.6 is 0 Å². The SMILES string of the molecule is NCC1(C(=O)N2CCC(CN3CCOCC3)CC2)CC1. The standard InChI is InChI=1S/C15H27N3O2/c16-12-15(3-4-15)14(19)18-5-1-13(2-6-18)11-17-7-9-20-10-8-17/h13H,1-12,16H2. The third-order valence-corrected chi connectivity index (χ3v) is 5.22. The summed E-state index contributed by atoms with van der Waals surface area (Å²) in [4.78, 5) is 17.0. The number of carbonyl (C=O) groups is 1. The number of rotatable bonds is 4. The van der Waals surface area contributed by atoms with E-state index in [-0.39, 0.29) is 5.41 Å². The van der Waals surface area contributed by atoms with Crippen molar-refractivity contribution in [2.24, 2.45) is 17.1 Å². The fourth-order valence-electron chi connectivity index (χ4n) is 3.46. The van der Waals surface area contributed by atoms with E-state index < -0.39 is 0 Å². The summed E-state index contributed by atoms with van der Waals surface area (Å²) in [6.45, 7) is 7.43. The zero-order chi connectivity index (χ0) is 14.0. The van der Waals surface area contributed by atoms with Gasteiger partial charge in [-0.1, -0.05) is 0 Å². The third-order valence-electron chi connectivity index (χ3n) is 5.22. The first-order valence-electron chi connectivity index (χ1n) is 8.03. The van der Waals surface area contributed by atoms with Crippen LogP contribution in [0.3, 0.4) is 0 Å². The Morgan fingerprint density at radius 2 is 1.80 bits per heavy atom. The Kier molecular flexibility index (Phi) is 4.29. The Hall–Kier alpha value is -0.650. The predicted octanol–water partition coefficient (Wildman–Crippen LogP) is 0.296. The maximum atomic E-state index is 12.4. The summed E-state index contributed by atoms with van der Waals surface area (Å²) in [7, 11) is 0. The molecule has 1 saturated carbocycles. The number of likely N-dealkylation sites (tertiary alicyclic amines) is 1. The van der Waals surface area contributed by atoms with Gasteiger partial charge >= 0.3 is 0 Å². The van der Waals surface area contributed by atoms with Crippen LogP contribution in [-0.2, 0) is 9.53 Å². The highest BCUT2D eigenvalue weighted by atomic mass is 16.5. The molecule has 0 aromatic heterocycles. The Labute approximate surface area is 121 Å². The smallest absolute Gasteiger partial charge is 0.230 e. The first-order chi connectivity index (χ1) is 9.73. The molecule has 2 aliphatic heterocycles. The molecule has 0 atom stereocenters. The number of morpholine rings is 1. The zero-order valence-electron chi connectivity index (χ0n) is 12.4. The number of nitrogens with two attached hydrogens (primary N) is 1. The van der Waals surface area contributed by atoms with Gasteiger partial charge < -0.3 is 15.4 Å². The van der Waals surface area contributed by atoms with E-state index in [4.69, 9.17) is 10.5 Å². The first-order valence-corrected chi connectivity index (χ1v) is 8.03. The number of carbonyl (C=O) groups excluding carboxylic acids is 1. The summed E-state index contributed by atoms with van der Waals surface area (Å²) in [5.74, 6) is 1.06. The largest absolute Gasteiger partial charge is 0.379 e. The van der Waals surface area contributed by atoms with Crippen LogP contribution in [0.2, 0.25) is 0 Å². The highest BCUT2D eigenvalue weighted by molar-refractivity contribution is 5.85.